The number of aromatic nitrogens is 1. The van der Waals surface area contributed by atoms with E-state index < -0.39 is 0 Å². The predicted molar refractivity (Wildman–Crippen MR) is 146 cm³/mol. The molecule has 0 bridgehead atoms. The second-order valence-electron chi connectivity index (χ2n) is 8.91. The summed E-state index contributed by atoms with van der Waals surface area (Å²) in [6, 6.07) is 12.6. The molecule has 8 heteroatoms. The number of thioether (sulfide) groups is 1. The van der Waals surface area contributed by atoms with Gasteiger partial charge in [0, 0.05) is 32.2 Å². The number of carbonyl (C=O) groups excluding carboxylic acids is 1. The Morgan fingerprint density at radius 3 is 2.54 bits per heavy atom. The van der Waals surface area contributed by atoms with E-state index in [-0.39, 0.29) is 17.0 Å². The van der Waals surface area contributed by atoms with Gasteiger partial charge in [0.15, 0.2) is 0 Å². The van der Waals surface area contributed by atoms with Gasteiger partial charge in [0.1, 0.15) is 21.8 Å². The third-order valence-corrected chi connectivity index (χ3v) is 8.09. The fraction of sp³-hybridized carbons (Fsp3) is 0.333. The van der Waals surface area contributed by atoms with Crippen molar-refractivity contribution < 1.29 is 4.79 Å². The van der Waals surface area contributed by atoms with Crippen LogP contribution in [0.3, 0.4) is 0 Å². The molecule has 35 heavy (non-hydrogen) atoms. The minimum Gasteiger partial charge on any atom is -0.357 e. The molecule has 0 radical (unpaired) electrons. The number of piperidine rings is 1. The summed E-state index contributed by atoms with van der Waals surface area (Å²) in [5, 5.41) is 9.68. The number of benzene rings is 1. The first-order valence-electron chi connectivity index (χ1n) is 11.6. The standard InChI is InChI=1S/C27H28N4O2S2/c1-4-12-31-26(33)23(35-27(31)34)16-21-18(2)22(17-28)25(32)29(3)24(21)30-13-10-20(11-14-30)15-19-8-6-5-7-9-19/h4-9,16,20H,1,10-15H2,2-3H3. The lowest BCUT2D eigenvalue weighted by molar-refractivity contribution is -0.121. The Hall–Kier alpha value is -3.15. The molecule has 2 aliphatic heterocycles. The third-order valence-electron chi connectivity index (χ3n) is 6.71. The summed E-state index contributed by atoms with van der Waals surface area (Å²) in [4.78, 5) is 30.2. The number of nitrogens with zero attached hydrogens (tertiary/aromatic N) is 4. The van der Waals surface area contributed by atoms with Crippen LogP contribution in [0, 0.1) is 24.2 Å². The van der Waals surface area contributed by atoms with E-state index in [4.69, 9.17) is 12.2 Å². The number of carbonyl (C=O) groups is 1. The fourth-order valence-electron chi connectivity index (χ4n) is 4.81. The molecule has 1 aromatic carbocycles. The smallest absolute Gasteiger partial charge is 0.270 e. The number of thiocarbonyl (C=S) groups is 1. The SMILES string of the molecule is C=CCN1C(=O)C(=Cc2c(C)c(C#N)c(=O)n(C)c2N2CCC(Cc3ccccc3)CC2)SC1=S. The lowest BCUT2D eigenvalue weighted by atomic mass is 9.90. The average molecular weight is 505 g/mol. The maximum Gasteiger partial charge on any atom is 0.270 e. The van der Waals surface area contributed by atoms with Gasteiger partial charge in [0.25, 0.3) is 11.5 Å². The number of hydrogen-bond donors (Lipinski definition) is 0. The molecule has 0 atom stereocenters. The lowest BCUT2D eigenvalue weighted by Crippen LogP contribution is -2.39. The monoisotopic (exact) mass is 504 g/mol. The molecule has 1 aromatic heterocycles. The Bertz CT molecular complexity index is 1300. The Labute approximate surface area is 215 Å². The van der Waals surface area contributed by atoms with Crippen LogP contribution in [0.4, 0.5) is 5.82 Å². The highest BCUT2D eigenvalue weighted by atomic mass is 32.2. The molecule has 3 heterocycles. The molecule has 0 saturated carbocycles. The number of amides is 1. The maximum absolute atomic E-state index is 13.0. The Morgan fingerprint density at radius 1 is 1.23 bits per heavy atom. The van der Waals surface area contributed by atoms with Gasteiger partial charge in [-0.05, 0) is 49.3 Å². The molecule has 180 valence electrons. The van der Waals surface area contributed by atoms with Gasteiger partial charge in [0.05, 0.1) is 4.91 Å². The first-order chi connectivity index (χ1) is 16.8. The van der Waals surface area contributed by atoms with E-state index in [1.165, 1.54) is 22.2 Å². The summed E-state index contributed by atoms with van der Waals surface area (Å²) in [6.07, 6.45) is 6.48. The maximum atomic E-state index is 13.0. The van der Waals surface area contributed by atoms with Crippen LogP contribution in [0.2, 0.25) is 0 Å². The highest BCUT2D eigenvalue weighted by Gasteiger charge is 2.33. The summed E-state index contributed by atoms with van der Waals surface area (Å²) in [6.45, 7) is 7.43. The topological polar surface area (TPSA) is 69.3 Å². The van der Waals surface area contributed by atoms with Gasteiger partial charge < -0.3 is 4.90 Å². The van der Waals surface area contributed by atoms with Gasteiger partial charge in [-0.2, -0.15) is 5.26 Å². The molecule has 0 unspecified atom stereocenters. The van der Waals surface area contributed by atoms with Gasteiger partial charge in [-0.15, -0.1) is 6.58 Å². The largest absolute Gasteiger partial charge is 0.357 e. The fourth-order valence-corrected chi connectivity index (χ4v) is 6.07. The zero-order valence-electron chi connectivity index (χ0n) is 20.0. The van der Waals surface area contributed by atoms with Crippen molar-refractivity contribution in [1.82, 2.24) is 9.47 Å². The van der Waals surface area contributed by atoms with Crippen molar-refractivity contribution in [3.63, 3.8) is 0 Å². The Balaban J connectivity index is 1.68. The van der Waals surface area contributed by atoms with E-state index in [1.54, 1.807) is 30.7 Å². The van der Waals surface area contributed by atoms with Crippen molar-refractivity contribution in [2.75, 3.05) is 24.5 Å². The molecular weight excluding hydrogens is 476 g/mol. The molecule has 2 saturated heterocycles. The Kier molecular flexibility index (Phi) is 7.58. The van der Waals surface area contributed by atoms with Gasteiger partial charge >= 0.3 is 0 Å². The van der Waals surface area contributed by atoms with E-state index in [9.17, 15) is 14.9 Å². The number of rotatable bonds is 6. The zero-order chi connectivity index (χ0) is 25.1. The second kappa shape index (κ2) is 10.6. The van der Waals surface area contributed by atoms with Crippen LogP contribution in [-0.4, -0.2) is 39.3 Å². The molecule has 0 spiro atoms. The summed E-state index contributed by atoms with van der Waals surface area (Å²) in [5.74, 6) is 1.14. The molecule has 6 nitrogen and oxygen atoms in total. The number of pyridine rings is 1. The van der Waals surface area contributed by atoms with E-state index >= 15 is 0 Å². The van der Waals surface area contributed by atoms with E-state index in [0.717, 1.165) is 43.7 Å². The van der Waals surface area contributed by atoms with Crippen LogP contribution in [0.15, 0.2) is 52.7 Å². The average Bonchev–Trinajstić information content (AvgIpc) is 3.12. The number of hydrogen-bond acceptors (Lipinski definition) is 6. The van der Waals surface area contributed by atoms with Gasteiger partial charge in [0.2, 0.25) is 0 Å². The van der Waals surface area contributed by atoms with Gasteiger partial charge in [-0.1, -0.05) is 60.4 Å². The van der Waals surface area contributed by atoms with Crippen LogP contribution in [0.25, 0.3) is 6.08 Å². The summed E-state index contributed by atoms with van der Waals surface area (Å²) in [7, 11) is 1.70. The first kappa shape index (κ1) is 25.0. The molecular formula is C27H28N4O2S2. The van der Waals surface area contributed by atoms with Crippen molar-refractivity contribution in [3.05, 3.63) is 80.5 Å². The highest BCUT2D eigenvalue weighted by Crippen LogP contribution is 2.36. The lowest BCUT2D eigenvalue weighted by Gasteiger charge is -2.36. The Morgan fingerprint density at radius 2 is 1.91 bits per heavy atom. The molecule has 2 aromatic rings. The van der Waals surface area contributed by atoms with Crippen molar-refractivity contribution in [2.45, 2.75) is 26.2 Å². The van der Waals surface area contributed by atoms with Crippen LogP contribution in [0.1, 0.15) is 35.1 Å². The van der Waals surface area contributed by atoms with E-state index in [2.05, 4.69) is 41.8 Å². The third kappa shape index (κ3) is 4.97. The predicted octanol–water partition coefficient (Wildman–Crippen LogP) is 4.41. The zero-order valence-corrected chi connectivity index (χ0v) is 21.6. The second-order valence-corrected chi connectivity index (χ2v) is 10.6. The van der Waals surface area contributed by atoms with Gasteiger partial charge in [-0.3, -0.25) is 19.1 Å². The van der Waals surface area contributed by atoms with Gasteiger partial charge in [-0.25, -0.2) is 0 Å². The summed E-state index contributed by atoms with van der Waals surface area (Å²) < 4.78 is 2.03. The van der Waals surface area contributed by atoms with Crippen LogP contribution in [0.5, 0.6) is 0 Å². The quantitative estimate of drug-likeness (QED) is 0.330. The minimum atomic E-state index is -0.317. The molecule has 4 rings (SSSR count). The highest BCUT2D eigenvalue weighted by molar-refractivity contribution is 8.26. The summed E-state index contributed by atoms with van der Waals surface area (Å²) >= 11 is 6.63. The molecule has 1 amide bonds. The van der Waals surface area contributed by atoms with Crippen molar-refractivity contribution in [2.24, 2.45) is 13.0 Å². The van der Waals surface area contributed by atoms with E-state index in [0.29, 0.717) is 27.3 Å². The molecule has 2 fully saturated rings. The van der Waals surface area contributed by atoms with Crippen molar-refractivity contribution in [1.29, 1.82) is 5.26 Å². The molecule has 0 aliphatic carbocycles. The normalized spacial score (nSPS) is 17.8. The van der Waals surface area contributed by atoms with Crippen molar-refractivity contribution >= 4 is 46.1 Å². The number of anilines is 1. The number of nitriles is 1. The van der Waals surface area contributed by atoms with Crippen molar-refractivity contribution in [3.8, 4) is 6.07 Å². The minimum absolute atomic E-state index is 0.100. The molecule has 2 aliphatic rings. The summed E-state index contributed by atoms with van der Waals surface area (Å²) in [5.41, 5.74) is 2.44. The first-order valence-corrected chi connectivity index (χ1v) is 12.9. The molecule has 0 N–H and O–H groups in total. The van der Waals surface area contributed by atoms with Crippen LogP contribution >= 0.6 is 24.0 Å². The van der Waals surface area contributed by atoms with Crippen LogP contribution < -0.4 is 10.5 Å². The van der Waals surface area contributed by atoms with Crippen LogP contribution in [-0.2, 0) is 18.3 Å². The van der Waals surface area contributed by atoms with E-state index in [1.807, 2.05) is 6.07 Å².